The standard InChI is InChI=1S/C33H45ClN2O3S.BrH/c1-3-4-5-6-7-8-9-10-11-12-13-14-20-38-30-18-19-32(31(34)22-30)39-25-33(37)35-29-17-15-16-28(21-29)24-36-23-27(2)40-26-36;/h15-19,21-23,26H,3-14,20,24-25H2,1-2H3;1H. The topological polar surface area (TPSA) is 51.4 Å². The molecule has 5 nitrogen and oxygen atoms in total. The van der Waals surface area contributed by atoms with Crippen molar-refractivity contribution in [1.82, 2.24) is 0 Å². The predicted molar refractivity (Wildman–Crippen MR) is 167 cm³/mol. The minimum Gasteiger partial charge on any atom is -1.00 e. The van der Waals surface area contributed by atoms with Crippen LogP contribution in [0.2, 0.25) is 5.02 Å². The summed E-state index contributed by atoms with van der Waals surface area (Å²) >= 11 is 8.11. The average Bonchev–Trinajstić information content (AvgIpc) is 3.35. The summed E-state index contributed by atoms with van der Waals surface area (Å²) in [4.78, 5) is 13.7. The molecular formula is C33H46BrClN2O3S. The van der Waals surface area contributed by atoms with E-state index in [9.17, 15) is 4.79 Å². The SMILES string of the molecule is CCCCCCCCCCCCCCOc1ccc(OCC(=O)Nc2cccc(C[n+]3csc(C)c3)c2)c(Cl)c1.[Br-]. The first-order valence-corrected chi connectivity index (χ1v) is 16.2. The number of thiazole rings is 1. The first-order chi connectivity index (χ1) is 19.5. The highest BCUT2D eigenvalue weighted by molar-refractivity contribution is 7.09. The minimum absolute atomic E-state index is 0. The number of carbonyl (C=O) groups excluding carboxylic acids is 1. The van der Waals surface area contributed by atoms with Crippen LogP contribution in [0.1, 0.15) is 94.4 Å². The Balaban J connectivity index is 0.00000588. The van der Waals surface area contributed by atoms with Gasteiger partial charge in [-0.25, -0.2) is 0 Å². The van der Waals surface area contributed by atoms with Crippen molar-refractivity contribution < 1.29 is 35.8 Å². The smallest absolute Gasteiger partial charge is 0.262 e. The van der Waals surface area contributed by atoms with Gasteiger partial charge in [-0.05, 0) is 37.6 Å². The molecule has 0 aliphatic rings. The Bertz CT molecular complexity index is 1160. The van der Waals surface area contributed by atoms with Crippen molar-refractivity contribution in [3.05, 3.63) is 69.6 Å². The van der Waals surface area contributed by atoms with Crippen LogP contribution in [0.15, 0.2) is 54.2 Å². The number of nitrogens with zero attached hydrogens (tertiary/aromatic N) is 1. The van der Waals surface area contributed by atoms with Gasteiger partial charge < -0.3 is 31.8 Å². The number of hydrogen-bond donors (Lipinski definition) is 1. The summed E-state index contributed by atoms with van der Waals surface area (Å²) in [7, 11) is 0. The van der Waals surface area contributed by atoms with Gasteiger partial charge in [0, 0.05) is 17.3 Å². The molecule has 0 radical (unpaired) electrons. The maximum Gasteiger partial charge on any atom is 0.262 e. The van der Waals surface area contributed by atoms with E-state index in [4.69, 9.17) is 21.1 Å². The number of amides is 1. The zero-order valence-electron chi connectivity index (χ0n) is 24.6. The van der Waals surface area contributed by atoms with Crippen LogP contribution in [0.3, 0.4) is 0 Å². The van der Waals surface area contributed by atoms with Gasteiger partial charge in [0.1, 0.15) is 11.5 Å². The second-order valence-electron chi connectivity index (χ2n) is 10.5. The summed E-state index contributed by atoms with van der Waals surface area (Å²) < 4.78 is 13.7. The van der Waals surface area contributed by atoms with Gasteiger partial charge in [0.2, 0.25) is 5.51 Å². The maximum atomic E-state index is 12.5. The van der Waals surface area contributed by atoms with Gasteiger partial charge in [0.25, 0.3) is 5.91 Å². The van der Waals surface area contributed by atoms with E-state index in [0.29, 0.717) is 17.4 Å². The molecule has 1 aromatic heterocycles. The highest BCUT2D eigenvalue weighted by atomic mass is 79.9. The molecule has 41 heavy (non-hydrogen) atoms. The quantitative estimate of drug-likeness (QED) is 0.116. The number of aryl methyl sites for hydroxylation is 1. The summed E-state index contributed by atoms with van der Waals surface area (Å²) in [5.74, 6) is 0.951. The summed E-state index contributed by atoms with van der Waals surface area (Å²) in [5, 5.41) is 3.34. The Hall–Kier alpha value is -2.09. The van der Waals surface area contributed by atoms with E-state index in [1.165, 1.54) is 75.5 Å². The Kier molecular flexibility index (Phi) is 17.8. The first-order valence-electron chi connectivity index (χ1n) is 14.9. The number of hydrogen-bond acceptors (Lipinski definition) is 4. The lowest BCUT2D eigenvalue weighted by molar-refractivity contribution is -0.683. The van der Waals surface area contributed by atoms with Gasteiger partial charge in [-0.3, -0.25) is 4.79 Å². The molecule has 1 amide bonds. The highest BCUT2D eigenvalue weighted by Gasteiger charge is 2.10. The molecule has 0 unspecified atom stereocenters. The molecule has 226 valence electrons. The lowest BCUT2D eigenvalue weighted by atomic mass is 10.1. The van der Waals surface area contributed by atoms with E-state index in [0.717, 1.165) is 30.0 Å². The lowest BCUT2D eigenvalue weighted by Gasteiger charge is -2.11. The largest absolute Gasteiger partial charge is 1.00 e. The molecule has 0 saturated heterocycles. The second-order valence-corrected chi connectivity index (χ2v) is 12.0. The third-order valence-corrected chi connectivity index (χ3v) is 7.97. The van der Waals surface area contributed by atoms with Crippen molar-refractivity contribution in [1.29, 1.82) is 0 Å². The summed E-state index contributed by atoms with van der Waals surface area (Å²) in [6.07, 6.45) is 18.0. The molecule has 1 heterocycles. The molecule has 3 rings (SSSR count). The Morgan fingerprint density at radius 1 is 0.902 bits per heavy atom. The van der Waals surface area contributed by atoms with Gasteiger partial charge >= 0.3 is 0 Å². The predicted octanol–water partition coefficient (Wildman–Crippen LogP) is 6.15. The fourth-order valence-corrected chi connectivity index (χ4v) is 5.51. The molecule has 2 aromatic carbocycles. The molecule has 0 bridgehead atoms. The number of benzene rings is 2. The van der Waals surface area contributed by atoms with Crippen LogP contribution in [0.5, 0.6) is 11.5 Å². The number of ether oxygens (including phenoxy) is 2. The van der Waals surface area contributed by atoms with Crippen LogP contribution in [0.25, 0.3) is 0 Å². The van der Waals surface area contributed by atoms with Crippen molar-refractivity contribution in [2.24, 2.45) is 0 Å². The Morgan fingerprint density at radius 3 is 2.22 bits per heavy atom. The summed E-state index contributed by atoms with van der Waals surface area (Å²) in [6, 6.07) is 13.2. The van der Waals surface area contributed by atoms with E-state index in [1.807, 2.05) is 30.3 Å². The van der Waals surface area contributed by atoms with Crippen molar-refractivity contribution in [2.45, 2.75) is 97.4 Å². The lowest BCUT2D eigenvalue weighted by Crippen LogP contribution is -3.00. The Labute approximate surface area is 266 Å². The molecule has 0 spiro atoms. The average molecular weight is 666 g/mol. The van der Waals surface area contributed by atoms with Crippen LogP contribution >= 0.6 is 22.9 Å². The van der Waals surface area contributed by atoms with E-state index in [2.05, 4.69) is 35.4 Å². The number of halogens is 2. The Morgan fingerprint density at radius 2 is 1.59 bits per heavy atom. The molecule has 0 saturated carbocycles. The summed E-state index contributed by atoms with van der Waals surface area (Å²) in [6.45, 7) is 5.67. The van der Waals surface area contributed by atoms with Gasteiger partial charge in [-0.15, -0.1) is 0 Å². The zero-order valence-corrected chi connectivity index (χ0v) is 27.8. The van der Waals surface area contributed by atoms with E-state index in [1.54, 1.807) is 23.5 Å². The van der Waals surface area contributed by atoms with Gasteiger partial charge in [0.15, 0.2) is 19.3 Å². The van der Waals surface area contributed by atoms with Crippen LogP contribution in [0.4, 0.5) is 5.69 Å². The molecule has 0 aliphatic carbocycles. The number of unbranched alkanes of at least 4 members (excludes halogenated alkanes) is 11. The van der Waals surface area contributed by atoms with Crippen molar-refractivity contribution in [3.63, 3.8) is 0 Å². The second kappa shape index (κ2) is 20.7. The molecular weight excluding hydrogens is 620 g/mol. The van der Waals surface area contributed by atoms with Crippen LogP contribution in [-0.2, 0) is 11.3 Å². The van der Waals surface area contributed by atoms with Crippen molar-refractivity contribution in [2.75, 3.05) is 18.5 Å². The van der Waals surface area contributed by atoms with Crippen molar-refractivity contribution in [3.8, 4) is 11.5 Å². The van der Waals surface area contributed by atoms with Crippen LogP contribution in [0, 0.1) is 6.92 Å². The molecule has 0 aliphatic heterocycles. The monoisotopic (exact) mass is 664 g/mol. The van der Waals surface area contributed by atoms with Gasteiger partial charge in [0.05, 0.1) is 16.5 Å². The number of aromatic nitrogens is 1. The number of anilines is 1. The third kappa shape index (κ3) is 14.6. The molecule has 8 heteroatoms. The summed E-state index contributed by atoms with van der Waals surface area (Å²) in [5.41, 5.74) is 3.95. The maximum absolute atomic E-state index is 12.5. The van der Waals surface area contributed by atoms with E-state index < -0.39 is 0 Å². The molecule has 0 fully saturated rings. The number of nitrogens with one attached hydrogen (secondary N) is 1. The van der Waals surface area contributed by atoms with E-state index in [-0.39, 0.29) is 29.5 Å². The van der Waals surface area contributed by atoms with E-state index >= 15 is 0 Å². The number of carbonyl (C=O) groups is 1. The van der Waals surface area contributed by atoms with Crippen LogP contribution in [-0.4, -0.2) is 19.1 Å². The third-order valence-electron chi connectivity index (χ3n) is 6.83. The zero-order chi connectivity index (χ0) is 28.4. The fourth-order valence-electron chi connectivity index (χ4n) is 4.65. The normalized spacial score (nSPS) is 10.7. The molecule has 3 aromatic rings. The van der Waals surface area contributed by atoms with Gasteiger partial charge in [-0.2, -0.15) is 4.57 Å². The van der Waals surface area contributed by atoms with Crippen LogP contribution < -0.4 is 36.3 Å². The fraction of sp³-hybridized carbons (Fsp3) is 0.515. The van der Waals surface area contributed by atoms with Crippen molar-refractivity contribution >= 4 is 34.5 Å². The molecule has 0 atom stereocenters. The molecule has 1 N–H and O–H groups in total. The van der Waals surface area contributed by atoms with Gasteiger partial charge in [-0.1, -0.05) is 113 Å². The number of rotatable bonds is 20. The minimum atomic E-state index is -0.237. The highest BCUT2D eigenvalue weighted by Crippen LogP contribution is 2.29. The first kappa shape index (κ1) is 35.1.